The minimum atomic E-state index is -3.60. The molecule has 12 heteroatoms. The van der Waals surface area contributed by atoms with Gasteiger partial charge in [0.15, 0.2) is 0 Å². The Labute approximate surface area is 249 Å². The first kappa shape index (κ1) is 30.2. The van der Waals surface area contributed by atoms with Crippen LogP contribution in [0, 0.1) is 11.8 Å². The second kappa shape index (κ2) is 12.6. The summed E-state index contributed by atoms with van der Waals surface area (Å²) in [7, 11) is -3.00. The van der Waals surface area contributed by atoms with Crippen LogP contribution in [0.3, 0.4) is 0 Å². The zero-order valence-electron chi connectivity index (χ0n) is 24.4. The van der Waals surface area contributed by atoms with Gasteiger partial charge in [-0.15, -0.1) is 0 Å². The summed E-state index contributed by atoms with van der Waals surface area (Å²) in [6, 6.07) is 13.2. The lowest BCUT2D eigenvalue weighted by atomic mass is 10.1. The summed E-state index contributed by atoms with van der Waals surface area (Å²) in [6.07, 6.45) is 1.22. The predicted octanol–water partition coefficient (Wildman–Crippen LogP) is 3.06. The second-order valence-corrected chi connectivity index (χ2v) is 15.0. The van der Waals surface area contributed by atoms with Crippen LogP contribution in [-0.2, 0) is 26.4 Å². The van der Waals surface area contributed by atoms with Crippen LogP contribution < -0.4 is 15.4 Å². The number of aromatic nitrogens is 1. The molecule has 2 aromatic carbocycles. The van der Waals surface area contributed by atoms with E-state index in [0.29, 0.717) is 57.0 Å². The number of sulfonamides is 1. The molecule has 226 valence electrons. The van der Waals surface area contributed by atoms with Gasteiger partial charge in [0.2, 0.25) is 10.0 Å². The highest BCUT2D eigenvalue weighted by Crippen LogP contribution is 2.31. The lowest BCUT2D eigenvalue weighted by Gasteiger charge is -2.31. The van der Waals surface area contributed by atoms with Crippen LogP contribution in [0.2, 0.25) is 0 Å². The molecule has 0 radical (unpaired) electrons. The van der Waals surface area contributed by atoms with Crippen LogP contribution in [0.15, 0.2) is 47.4 Å². The van der Waals surface area contributed by atoms with Gasteiger partial charge >= 0.3 is 0 Å². The average molecular weight is 614 g/mol. The minimum absolute atomic E-state index is 0.126. The van der Waals surface area contributed by atoms with Crippen molar-refractivity contribution in [3.8, 4) is 17.6 Å². The smallest absolute Gasteiger partial charge is 0.243 e. The molecule has 1 aromatic heterocycles. The number of hydrogen-bond acceptors (Lipinski definition) is 8. The van der Waals surface area contributed by atoms with Crippen molar-refractivity contribution >= 4 is 42.1 Å². The number of likely N-dealkylation sites (N-methyl/N-ethyl adjacent to an activating group) is 1. The third-order valence-corrected chi connectivity index (χ3v) is 11.6. The largest absolute Gasteiger partial charge is 0.495 e. The molecule has 5 rings (SSSR count). The van der Waals surface area contributed by atoms with Crippen molar-refractivity contribution in [3.63, 3.8) is 0 Å². The molecule has 0 atom stereocenters. The van der Waals surface area contributed by atoms with Crippen LogP contribution in [0.25, 0.3) is 10.9 Å². The minimum Gasteiger partial charge on any atom is -0.495 e. The summed E-state index contributed by atoms with van der Waals surface area (Å²) in [6.45, 7) is 5.52. The summed E-state index contributed by atoms with van der Waals surface area (Å²) in [5, 5.41) is 7.88. The quantitative estimate of drug-likeness (QED) is 0.373. The molecule has 2 saturated heterocycles. The SMILES string of the molecule is CCn1c(C#CCNc2ccc(S(=O)(=O)N3CCN(C)CC3)cc2OC)cc2c(NC3CCS(=O)(=O)CC3)cccc21. The summed E-state index contributed by atoms with van der Waals surface area (Å²) in [5.74, 6) is 7.36. The maximum Gasteiger partial charge on any atom is 0.243 e. The van der Waals surface area contributed by atoms with Crippen molar-refractivity contribution in [2.75, 3.05) is 69.0 Å². The number of fused-ring (bicyclic) bond motifs is 1. The Bertz CT molecular complexity index is 1700. The van der Waals surface area contributed by atoms with E-state index in [-0.39, 0.29) is 22.4 Å². The molecule has 3 aromatic rings. The number of piperazine rings is 1. The maximum atomic E-state index is 13.2. The molecule has 2 N–H and O–H groups in total. The molecule has 0 amide bonds. The Kier molecular flexibility index (Phi) is 9.03. The first-order valence-electron chi connectivity index (χ1n) is 14.3. The molecule has 0 aliphatic carbocycles. The first-order chi connectivity index (χ1) is 20.1. The van der Waals surface area contributed by atoms with Crippen molar-refractivity contribution in [1.29, 1.82) is 0 Å². The molecule has 2 aliphatic rings. The molecule has 10 nitrogen and oxygen atoms in total. The van der Waals surface area contributed by atoms with Crippen molar-refractivity contribution in [2.45, 2.75) is 37.2 Å². The first-order valence-corrected chi connectivity index (χ1v) is 17.6. The number of nitrogens with zero attached hydrogens (tertiary/aromatic N) is 3. The summed E-state index contributed by atoms with van der Waals surface area (Å²) < 4.78 is 59.2. The average Bonchev–Trinajstić information content (AvgIpc) is 3.35. The van der Waals surface area contributed by atoms with Gasteiger partial charge in [0.25, 0.3) is 0 Å². The van der Waals surface area contributed by atoms with Crippen LogP contribution in [0.5, 0.6) is 5.75 Å². The highest BCUT2D eigenvalue weighted by Gasteiger charge is 2.28. The monoisotopic (exact) mass is 613 g/mol. The molecule has 0 bridgehead atoms. The Morgan fingerprint density at radius 1 is 1.02 bits per heavy atom. The maximum absolute atomic E-state index is 13.2. The summed E-state index contributed by atoms with van der Waals surface area (Å²) in [4.78, 5) is 2.33. The van der Waals surface area contributed by atoms with Crippen LogP contribution in [-0.4, -0.2) is 95.0 Å². The predicted molar refractivity (Wildman–Crippen MR) is 168 cm³/mol. The zero-order chi connectivity index (χ0) is 29.9. The third kappa shape index (κ3) is 6.54. The number of rotatable bonds is 8. The normalized spacial score (nSPS) is 18.4. The number of anilines is 2. The zero-order valence-corrected chi connectivity index (χ0v) is 26.0. The highest BCUT2D eigenvalue weighted by atomic mass is 32.2. The van der Waals surface area contributed by atoms with E-state index >= 15 is 0 Å². The van der Waals surface area contributed by atoms with E-state index in [2.05, 4.69) is 51.0 Å². The fourth-order valence-corrected chi connectivity index (χ4v) is 8.47. The lowest BCUT2D eigenvalue weighted by Crippen LogP contribution is -2.47. The van der Waals surface area contributed by atoms with Crippen LogP contribution in [0.1, 0.15) is 25.5 Å². The molecule has 0 saturated carbocycles. The van der Waals surface area contributed by atoms with E-state index < -0.39 is 19.9 Å². The van der Waals surface area contributed by atoms with Crippen LogP contribution >= 0.6 is 0 Å². The van der Waals surface area contributed by atoms with Crippen molar-refractivity contribution < 1.29 is 21.6 Å². The van der Waals surface area contributed by atoms with E-state index in [1.807, 2.05) is 19.2 Å². The van der Waals surface area contributed by atoms with E-state index in [4.69, 9.17) is 4.74 Å². The second-order valence-electron chi connectivity index (χ2n) is 10.8. The van der Waals surface area contributed by atoms with Gasteiger partial charge in [-0.05, 0) is 63.1 Å². The molecular formula is C30H39N5O5S2. The number of hydrogen-bond donors (Lipinski definition) is 2. The van der Waals surface area contributed by atoms with Gasteiger partial charge in [-0.2, -0.15) is 4.31 Å². The standard InChI is InChI=1S/C30H39N5O5S2/c1-4-35-24(21-26-27(8-5-9-29(26)35)32-23-12-19-41(36,37)20-13-23)7-6-14-31-28-11-10-25(22-30(28)40-3)42(38,39)34-17-15-33(2)16-18-34/h5,8-11,21-23,31-32H,4,12-20H2,1-3H3. The molecule has 0 unspecified atom stereocenters. The Hall–Kier alpha value is -3.24. The Balaban J connectivity index is 1.29. The number of methoxy groups -OCH3 is 1. The topological polar surface area (TPSA) is 113 Å². The molecule has 42 heavy (non-hydrogen) atoms. The number of benzene rings is 2. The van der Waals surface area contributed by atoms with Gasteiger partial charge in [-0.1, -0.05) is 12.0 Å². The highest BCUT2D eigenvalue weighted by molar-refractivity contribution is 7.91. The molecule has 2 aliphatic heterocycles. The molecule has 2 fully saturated rings. The lowest BCUT2D eigenvalue weighted by molar-refractivity contribution is 0.222. The Morgan fingerprint density at radius 2 is 1.76 bits per heavy atom. The number of sulfone groups is 1. The fraction of sp³-hybridized carbons (Fsp3) is 0.467. The van der Waals surface area contributed by atoms with Crippen molar-refractivity contribution in [2.24, 2.45) is 0 Å². The van der Waals surface area contributed by atoms with Gasteiger partial charge in [0, 0.05) is 55.9 Å². The van der Waals surface area contributed by atoms with Gasteiger partial charge < -0.3 is 24.8 Å². The van der Waals surface area contributed by atoms with E-state index in [0.717, 1.165) is 28.8 Å². The summed E-state index contributed by atoms with van der Waals surface area (Å²) in [5.41, 5.74) is 3.61. The molecular weight excluding hydrogens is 574 g/mol. The van der Waals surface area contributed by atoms with Gasteiger partial charge in [-0.25, -0.2) is 16.8 Å². The van der Waals surface area contributed by atoms with Crippen LogP contribution in [0.4, 0.5) is 11.4 Å². The number of aryl methyl sites for hydroxylation is 1. The van der Waals surface area contributed by atoms with E-state index in [1.165, 1.54) is 11.4 Å². The van der Waals surface area contributed by atoms with E-state index in [9.17, 15) is 16.8 Å². The molecule has 0 spiro atoms. The van der Waals surface area contributed by atoms with Crippen molar-refractivity contribution in [3.05, 3.63) is 48.2 Å². The van der Waals surface area contributed by atoms with Gasteiger partial charge in [0.1, 0.15) is 15.6 Å². The van der Waals surface area contributed by atoms with E-state index in [1.54, 1.807) is 18.2 Å². The third-order valence-electron chi connectivity index (χ3n) is 8.03. The fourth-order valence-electron chi connectivity index (χ4n) is 5.54. The number of ether oxygens (including phenoxy) is 1. The Morgan fingerprint density at radius 3 is 2.45 bits per heavy atom. The van der Waals surface area contributed by atoms with Gasteiger partial charge in [0.05, 0.1) is 47.0 Å². The summed E-state index contributed by atoms with van der Waals surface area (Å²) >= 11 is 0. The van der Waals surface area contributed by atoms with Gasteiger partial charge in [-0.3, -0.25) is 0 Å². The van der Waals surface area contributed by atoms with Crippen molar-refractivity contribution in [1.82, 2.24) is 13.8 Å². The molecule has 3 heterocycles. The number of nitrogens with one attached hydrogen (secondary N) is 2.